The predicted molar refractivity (Wildman–Crippen MR) is 189 cm³/mol. The molecule has 2 fully saturated rings. The summed E-state index contributed by atoms with van der Waals surface area (Å²) in [5.74, 6) is 2.02. The number of rotatable bonds is 16. The van der Waals surface area contributed by atoms with Crippen LogP contribution in [-0.4, -0.2) is 42.9 Å². The molecule has 1 aliphatic heterocycles. The number of alkyl halides is 1. The highest BCUT2D eigenvalue weighted by molar-refractivity contribution is 5.64. The number of likely N-dealkylation sites (tertiary alicyclic amines) is 1. The number of hydrogen-bond donors (Lipinski definition) is 3. The summed E-state index contributed by atoms with van der Waals surface area (Å²) in [4.78, 5) is 2.71. The van der Waals surface area contributed by atoms with E-state index in [1.807, 2.05) is 6.92 Å². The Hall–Kier alpha value is -1.69. The quantitative estimate of drug-likeness (QED) is 0.162. The molecular formula is C39H68FN3O. The van der Waals surface area contributed by atoms with E-state index in [4.69, 9.17) is 23.2 Å². The highest BCUT2D eigenvalue weighted by atomic mass is 19.1. The number of aliphatic hydroxyl groups excluding tert-OH is 1. The Morgan fingerprint density at radius 2 is 1.70 bits per heavy atom. The molecule has 1 heterocycles. The summed E-state index contributed by atoms with van der Waals surface area (Å²) >= 11 is 0. The number of hydrogen-bond acceptors (Lipinski definition) is 4. The van der Waals surface area contributed by atoms with Gasteiger partial charge >= 0.3 is 0 Å². The van der Waals surface area contributed by atoms with Gasteiger partial charge in [-0.05, 0) is 92.0 Å². The van der Waals surface area contributed by atoms with Crippen LogP contribution in [0.5, 0.6) is 0 Å². The molecule has 1 aromatic carbocycles. The molecule has 252 valence electrons. The lowest BCUT2D eigenvalue weighted by Crippen LogP contribution is -2.31. The Kier molecular flexibility index (Phi) is 19.2. The zero-order valence-electron chi connectivity index (χ0n) is 29.0. The normalized spacial score (nSPS) is 21.0. The molecule has 4 rings (SSSR count). The monoisotopic (exact) mass is 614 g/mol. The van der Waals surface area contributed by atoms with Crippen molar-refractivity contribution in [2.45, 2.75) is 142 Å². The van der Waals surface area contributed by atoms with E-state index >= 15 is 0 Å². The Labute approximate surface area is 270 Å². The lowest BCUT2D eigenvalue weighted by molar-refractivity contribution is 0.178. The van der Waals surface area contributed by atoms with Crippen LogP contribution in [0.15, 0.2) is 36.0 Å². The Morgan fingerprint density at radius 3 is 2.36 bits per heavy atom. The number of allylic oxidation sites excluding steroid dienone is 2. The molecule has 0 radical (unpaired) electrons. The highest BCUT2D eigenvalue weighted by Crippen LogP contribution is 2.49. The van der Waals surface area contributed by atoms with E-state index in [1.165, 1.54) is 99.4 Å². The van der Waals surface area contributed by atoms with Crippen molar-refractivity contribution in [3.05, 3.63) is 52.7 Å². The van der Waals surface area contributed by atoms with Gasteiger partial charge in [-0.15, -0.1) is 0 Å². The van der Waals surface area contributed by atoms with Crippen LogP contribution in [0.2, 0.25) is 0 Å². The molecule has 1 aromatic rings. The fourth-order valence-corrected chi connectivity index (χ4v) is 7.89. The molecule has 1 saturated heterocycles. The molecule has 0 bridgehead atoms. The van der Waals surface area contributed by atoms with Gasteiger partial charge in [0.2, 0.25) is 0 Å². The van der Waals surface area contributed by atoms with Crippen LogP contribution in [0.25, 0.3) is 6.08 Å². The lowest BCUT2D eigenvalue weighted by Gasteiger charge is -2.38. The summed E-state index contributed by atoms with van der Waals surface area (Å²) in [7, 11) is 1.00. The first kappa shape index (κ1) is 38.5. The van der Waals surface area contributed by atoms with Crippen LogP contribution in [0.3, 0.4) is 0 Å². The summed E-state index contributed by atoms with van der Waals surface area (Å²) in [6.07, 6.45) is 23.9. The van der Waals surface area contributed by atoms with Gasteiger partial charge in [0.25, 0.3) is 0 Å². The predicted octanol–water partition coefficient (Wildman–Crippen LogP) is 9.51. The van der Waals surface area contributed by atoms with E-state index in [0.717, 1.165) is 64.1 Å². The molecule has 1 saturated carbocycles. The Morgan fingerprint density at radius 1 is 1.00 bits per heavy atom. The van der Waals surface area contributed by atoms with Crippen LogP contribution >= 0.6 is 0 Å². The Balaban J connectivity index is 0.00000127. The second-order valence-electron chi connectivity index (χ2n) is 13.4. The third-order valence-electron chi connectivity index (χ3n) is 10.2. The molecule has 5 heteroatoms. The summed E-state index contributed by atoms with van der Waals surface area (Å²) in [6, 6.07) is 7.58. The van der Waals surface area contributed by atoms with Crippen LogP contribution in [-0.2, 0) is 6.42 Å². The van der Waals surface area contributed by atoms with Crippen LogP contribution < -0.4 is 11.5 Å². The van der Waals surface area contributed by atoms with Gasteiger partial charge in [-0.3, -0.25) is 0 Å². The van der Waals surface area contributed by atoms with Crippen molar-refractivity contribution in [2.24, 2.45) is 29.2 Å². The number of aliphatic hydroxyl groups is 1. The van der Waals surface area contributed by atoms with Crippen LogP contribution in [0.1, 0.15) is 146 Å². The van der Waals surface area contributed by atoms with E-state index in [2.05, 4.69) is 43.0 Å². The van der Waals surface area contributed by atoms with Crippen molar-refractivity contribution in [3.8, 4) is 0 Å². The van der Waals surface area contributed by atoms with Crippen molar-refractivity contribution < 1.29 is 9.50 Å². The van der Waals surface area contributed by atoms with Crippen LogP contribution in [0.4, 0.5) is 4.39 Å². The van der Waals surface area contributed by atoms with Gasteiger partial charge in [0.1, 0.15) is 6.67 Å². The zero-order chi connectivity index (χ0) is 32.3. The molecule has 44 heavy (non-hydrogen) atoms. The topological polar surface area (TPSA) is 75.5 Å². The van der Waals surface area contributed by atoms with Gasteiger partial charge in [0.05, 0.1) is 6.04 Å². The number of nitrogens with zero attached hydrogens (tertiary/aromatic N) is 1. The third-order valence-corrected chi connectivity index (χ3v) is 10.2. The second-order valence-corrected chi connectivity index (χ2v) is 13.4. The third kappa shape index (κ3) is 11.6. The minimum Gasteiger partial charge on any atom is -0.400 e. The average molecular weight is 614 g/mol. The van der Waals surface area contributed by atoms with Crippen LogP contribution in [0, 0.1) is 17.8 Å². The zero-order valence-corrected chi connectivity index (χ0v) is 29.0. The van der Waals surface area contributed by atoms with E-state index in [0.29, 0.717) is 12.0 Å². The molecule has 2 aliphatic carbocycles. The largest absolute Gasteiger partial charge is 0.400 e. The average Bonchev–Trinajstić information content (AvgIpc) is 3.68. The van der Waals surface area contributed by atoms with E-state index in [9.17, 15) is 4.39 Å². The summed E-state index contributed by atoms with van der Waals surface area (Å²) in [5.41, 5.74) is 18.2. The maximum absolute atomic E-state index is 12.9. The van der Waals surface area contributed by atoms with E-state index in [-0.39, 0.29) is 6.04 Å². The number of benzene rings is 1. The first-order chi connectivity index (χ1) is 21.5. The Bertz CT molecular complexity index is 957. The summed E-state index contributed by atoms with van der Waals surface area (Å²) in [6.45, 7) is 12.7. The standard InChI is InChI=1S/C36H57FN2.C2H7N.CH4O/c1-4-6-7-8-10-14-28-23-31-19-20-32(25-33(31)24-28)36-35(30-15-11-9-12-16-30)21-22-39(36)27(3)29(5-2)17-13-18-34(38)26-37;1-2-3;1-2/h19-20,24-25,29-30,34-36H,3-18,21-23,26,38H2,1-2H3;2-3H2,1H3;2H,1H3. The summed E-state index contributed by atoms with van der Waals surface area (Å²) in [5, 5.41) is 7.00. The molecule has 0 aromatic heterocycles. The fraction of sp³-hybridized carbons (Fsp3) is 0.744. The van der Waals surface area contributed by atoms with E-state index < -0.39 is 6.67 Å². The minimum absolute atomic E-state index is 0.313. The first-order valence-electron chi connectivity index (χ1n) is 18.2. The van der Waals surface area contributed by atoms with Gasteiger partial charge in [0, 0.05) is 25.4 Å². The SMILES string of the molecule is C=C(C(CC)CCCC(N)CF)N1CCC(C2CCCCC2)C1c1ccc2c(c1)C=C(CCCCCCC)C2.CCN.CO. The lowest BCUT2D eigenvalue weighted by atomic mass is 9.75. The molecule has 4 atom stereocenters. The number of nitrogens with two attached hydrogens (primary N) is 2. The molecular weight excluding hydrogens is 545 g/mol. The van der Waals surface area contributed by atoms with Crippen molar-refractivity contribution in [2.75, 3.05) is 26.9 Å². The highest BCUT2D eigenvalue weighted by Gasteiger charge is 2.41. The van der Waals surface area contributed by atoms with Gasteiger partial charge in [-0.1, -0.05) is 115 Å². The second kappa shape index (κ2) is 21.9. The van der Waals surface area contributed by atoms with Gasteiger partial charge < -0.3 is 21.5 Å². The van der Waals surface area contributed by atoms with Crippen molar-refractivity contribution in [1.29, 1.82) is 0 Å². The maximum Gasteiger partial charge on any atom is 0.104 e. The fourth-order valence-electron chi connectivity index (χ4n) is 7.89. The van der Waals surface area contributed by atoms with Gasteiger partial charge in [-0.2, -0.15) is 0 Å². The molecule has 3 aliphatic rings. The van der Waals surface area contributed by atoms with E-state index in [1.54, 1.807) is 5.57 Å². The summed E-state index contributed by atoms with van der Waals surface area (Å²) < 4.78 is 12.9. The smallest absolute Gasteiger partial charge is 0.104 e. The first-order valence-corrected chi connectivity index (χ1v) is 18.2. The number of unbranched alkanes of at least 4 members (excludes halogenated alkanes) is 4. The van der Waals surface area contributed by atoms with Gasteiger partial charge in [0.15, 0.2) is 0 Å². The minimum atomic E-state index is -0.414. The molecule has 4 unspecified atom stereocenters. The molecule has 5 N–H and O–H groups in total. The molecule has 0 amide bonds. The molecule has 0 spiro atoms. The van der Waals surface area contributed by atoms with Crippen molar-refractivity contribution in [3.63, 3.8) is 0 Å². The maximum atomic E-state index is 12.9. The van der Waals surface area contributed by atoms with Gasteiger partial charge in [-0.25, -0.2) is 4.39 Å². The number of fused-ring (bicyclic) bond motifs is 1. The van der Waals surface area contributed by atoms with Crippen molar-refractivity contribution in [1.82, 2.24) is 4.90 Å². The van der Waals surface area contributed by atoms with Crippen molar-refractivity contribution >= 4 is 6.08 Å². The molecule has 4 nitrogen and oxygen atoms in total. The number of halogens is 1.